The second-order valence-electron chi connectivity index (χ2n) is 7.49. The molecule has 0 amide bonds. The first-order chi connectivity index (χ1) is 11.1. The molecule has 1 heterocycles. The lowest BCUT2D eigenvalue weighted by Crippen LogP contribution is -2.43. The van der Waals surface area contributed by atoms with E-state index in [9.17, 15) is 8.42 Å². The Kier molecular flexibility index (Phi) is 7.99. The molecule has 1 rings (SSSR count). The minimum absolute atomic E-state index is 0.131. The normalized spacial score (nSPS) is 20.0. The smallest absolute Gasteiger partial charge is 0.193 e. The van der Waals surface area contributed by atoms with Crippen molar-refractivity contribution in [2.45, 2.75) is 45.8 Å². The molecule has 0 saturated carbocycles. The molecular formula is C17H36N4O2S. The van der Waals surface area contributed by atoms with Crippen LogP contribution in [0.2, 0.25) is 0 Å². The Morgan fingerprint density at radius 3 is 2.42 bits per heavy atom. The van der Waals surface area contributed by atoms with Gasteiger partial charge in [-0.05, 0) is 46.2 Å². The zero-order valence-electron chi connectivity index (χ0n) is 16.3. The SMILES string of the molecule is CCN(CC)CC1CCN(C(=NC)NCCS(=O)(=O)C(C)(C)C)C1. The van der Waals surface area contributed by atoms with Crippen molar-refractivity contribution in [1.82, 2.24) is 15.1 Å². The third kappa shape index (κ3) is 5.92. The summed E-state index contributed by atoms with van der Waals surface area (Å²) < 4.78 is 23.7. The molecule has 24 heavy (non-hydrogen) atoms. The summed E-state index contributed by atoms with van der Waals surface area (Å²) in [5.74, 6) is 1.61. The van der Waals surface area contributed by atoms with Crippen molar-refractivity contribution in [3.63, 3.8) is 0 Å². The highest BCUT2D eigenvalue weighted by Gasteiger charge is 2.29. The van der Waals surface area contributed by atoms with Crippen LogP contribution in [0.25, 0.3) is 0 Å². The van der Waals surface area contributed by atoms with E-state index in [1.54, 1.807) is 27.8 Å². The lowest BCUT2D eigenvalue weighted by molar-refractivity contribution is 0.255. The van der Waals surface area contributed by atoms with Crippen LogP contribution in [0.15, 0.2) is 4.99 Å². The van der Waals surface area contributed by atoms with Crippen LogP contribution in [0.4, 0.5) is 0 Å². The number of guanidine groups is 1. The Hall–Kier alpha value is -0.820. The average Bonchev–Trinajstić information content (AvgIpc) is 2.96. The van der Waals surface area contributed by atoms with Crippen LogP contribution in [0, 0.1) is 5.92 Å². The van der Waals surface area contributed by atoms with E-state index in [4.69, 9.17) is 0 Å². The van der Waals surface area contributed by atoms with E-state index in [-0.39, 0.29) is 5.75 Å². The fourth-order valence-corrected chi connectivity index (χ4v) is 3.94. The highest BCUT2D eigenvalue weighted by Crippen LogP contribution is 2.18. The first kappa shape index (κ1) is 21.2. The van der Waals surface area contributed by atoms with Gasteiger partial charge in [-0.15, -0.1) is 0 Å². The molecule has 0 spiro atoms. The number of aliphatic imine (C=N–C) groups is 1. The molecule has 0 radical (unpaired) electrons. The summed E-state index contributed by atoms with van der Waals surface area (Å²) in [6.45, 7) is 15.3. The molecule has 1 fully saturated rings. The van der Waals surface area contributed by atoms with Gasteiger partial charge in [0.25, 0.3) is 0 Å². The molecule has 6 nitrogen and oxygen atoms in total. The molecule has 0 aliphatic carbocycles. The maximum atomic E-state index is 12.2. The predicted octanol–water partition coefficient (Wildman–Crippen LogP) is 1.44. The number of hydrogen-bond acceptors (Lipinski definition) is 4. The van der Waals surface area contributed by atoms with Crippen LogP contribution < -0.4 is 5.32 Å². The summed E-state index contributed by atoms with van der Waals surface area (Å²) in [7, 11) is -1.34. The highest BCUT2D eigenvalue weighted by atomic mass is 32.2. The lowest BCUT2D eigenvalue weighted by Gasteiger charge is -2.25. The molecule has 0 aromatic rings. The van der Waals surface area contributed by atoms with Gasteiger partial charge in [-0.25, -0.2) is 8.42 Å². The van der Waals surface area contributed by atoms with Crippen molar-refractivity contribution in [3.8, 4) is 0 Å². The first-order valence-electron chi connectivity index (χ1n) is 9.04. The Labute approximate surface area is 148 Å². The van der Waals surface area contributed by atoms with Crippen LogP contribution in [-0.2, 0) is 9.84 Å². The topological polar surface area (TPSA) is 65.0 Å². The summed E-state index contributed by atoms with van der Waals surface area (Å²) in [5.41, 5.74) is 0. The molecule has 1 aliphatic rings. The second-order valence-corrected chi connectivity index (χ2v) is 10.4. The molecule has 1 atom stereocenters. The molecule has 0 bridgehead atoms. The van der Waals surface area contributed by atoms with Crippen molar-refractivity contribution in [3.05, 3.63) is 0 Å². The Bertz CT molecular complexity index is 507. The number of nitrogens with zero attached hydrogens (tertiary/aromatic N) is 3. The first-order valence-corrected chi connectivity index (χ1v) is 10.7. The minimum atomic E-state index is -3.10. The second kappa shape index (κ2) is 9.04. The Balaban J connectivity index is 2.49. The van der Waals surface area contributed by atoms with Crippen molar-refractivity contribution in [1.29, 1.82) is 0 Å². The number of sulfone groups is 1. The highest BCUT2D eigenvalue weighted by molar-refractivity contribution is 7.92. The average molecular weight is 361 g/mol. The third-order valence-corrected chi connectivity index (χ3v) is 7.40. The lowest BCUT2D eigenvalue weighted by atomic mass is 10.1. The van der Waals surface area contributed by atoms with Gasteiger partial charge in [-0.3, -0.25) is 4.99 Å². The molecule has 0 aromatic heterocycles. The predicted molar refractivity (Wildman–Crippen MR) is 102 cm³/mol. The summed E-state index contributed by atoms with van der Waals surface area (Å²) >= 11 is 0. The van der Waals surface area contributed by atoms with E-state index >= 15 is 0 Å². The van der Waals surface area contributed by atoms with E-state index in [2.05, 4.69) is 34.0 Å². The van der Waals surface area contributed by atoms with Gasteiger partial charge in [0.05, 0.1) is 10.5 Å². The van der Waals surface area contributed by atoms with Gasteiger partial charge in [-0.2, -0.15) is 0 Å². The zero-order chi connectivity index (χ0) is 18.4. The maximum Gasteiger partial charge on any atom is 0.193 e. The van der Waals surface area contributed by atoms with Gasteiger partial charge in [0, 0.05) is 33.2 Å². The van der Waals surface area contributed by atoms with Crippen LogP contribution in [0.3, 0.4) is 0 Å². The largest absolute Gasteiger partial charge is 0.355 e. The fraction of sp³-hybridized carbons (Fsp3) is 0.941. The third-order valence-electron chi connectivity index (χ3n) is 4.79. The fourth-order valence-electron chi connectivity index (χ4n) is 2.96. The van der Waals surface area contributed by atoms with Crippen molar-refractivity contribution in [2.75, 3.05) is 52.1 Å². The van der Waals surface area contributed by atoms with E-state index in [1.807, 2.05) is 0 Å². The number of hydrogen-bond donors (Lipinski definition) is 1. The van der Waals surface area contributed by atoms with Gasteiger partial charge in [0.1, 0.15) is 0 Å². The van der Waals surface area contributed by atoms with Gasteiger partial charge >= 0.3 is 0 Å². The molecule has 7 heteroatoms. The van der Waals surface area contributed by atoms with Gasteiger partial charge in [0.15, 0.2) is 15.8 Å². The van der Waals surface area contributed by atoms with E-state index in [0.29, 0.717) is 12.5 Å². The van der Waals surface area contributed by atoms with E-state index in [1.165, 1.54) is 0 Å². The van der Waals surface area contributed by atoms with Crippen molar-refractivity contribution in [2.24, 2.45) is 10.9 Å². The molecule has 1 unspecified atom stereocenters. The summed E-state index contributed by atoms with van der Waals surface area (Å²) in [6, 6.07) is 0. The Morgan fingerprint density at radius 2 is 1.92 bits per heavy atom. The van der Waals surface area contributed by atoms with E-state index in [0.717, 1.165) is 45.1 Å². The van der Waals surface area contributed by atoms with Crippen LogP contribution in [-0.4, -0.2) is 81.0 Å². The molecule has 0 aromatic carbocycles. The quantitative estimate of drug-likeness (QED) is 0.550. The minimum Gasteiger partial charge on any atom is -0.355 e. The summed E-state index contributed by atoms with van der Waals surface area (Å²) in [5, 5.41) is 3.22. The van der Waals surface area contributed by atoms with Gasteiger partial charge in [0.2, 0.25) is 0 Å². The molecular weight excluding hydrogens is 324 g/mol. The van der Waals surface area contributed by atoms with Crippen molar-refractivity contribution >= 4 is 15.8 Å². The number of rotatable bonds is 7. The number of likely N-dealkylation sites (tertiary alicyclic amines) is 1. The van der Waals surface area contributed by atoms with E-state index < -0.39 is 14.6 Å². The van der Waals surface area contributed by atoms with Crippen LogP contribution in [0.1, 0.15) is 41.0 Å². The zero-order valence-corrected chi connectivity index (χ0v) is 17.1. The van der Waals surface area contributed by atoms with Crippen molar-refractivity contribution < 1.29 is 8.42 Å². The molecule has 1 N–H and O–H groups in total. The maximum absolute atomic E-state index is 12.2. The Morgan fingerprint density at radius 1 is 1.29 bits per heavy atom. The summed E-state index contributed by atoms with van der Waals surface area (Å²) in [6.07, 6.45) is 1.16. The van der Waals surface area contributed by atoms with Crippen LogP contribution in [0.5, 0.6) is 0 Å². The van der Waals surface area contributed by atoms with Crippen LogP contribution >= 0.6 is 0 Å². The molecule has 1 saturated heterocycles. The summed E-state index contributed by atoms with van der Waals surface area (Å²) in [4.78, 5) is 9.04. The van der Waals surface area contributed by atoms with Gasteiger partial charge < -0.3 is 15.1 Å². The monoisotopic (exact) mass is 360 g/mol. The molecule has 1 aliphatic heterocycles. The number of nitrogens with one attached hydrogen (secondary N) is 1. The van der Waals surface area contributed by atoms with Gasteiger partial charge in [-0.1, -0.05) is 13.8 Å². The standard InChI is InChI=1S/C17H36N4O2S/c1-7-20(8-2)13-15-9-11-21(14-15)16(18-6)19-10-12-24(22,23)17(3,4)5/h15H,7-14H2,1-6H3,(H,18,19). The molecule has 142 valence electrons.